The summed E-state index contributed by atoms with van der Waals surface area (Å²) in [5.41, 5.74) is 1.05. The lowest BCUT2D eigenvalue weighted by molar-refractivity contribution is -0.127. The number of amides is 1. The first-order valence-electron chi connectivity index (χ1n) is 7.73. The van der Waals surface area contributed by atoms with E-state index in [0.29, 0.717) is 13.1 Å². The lowest BCUT2D eigenvalue weighted by Crippen LogP contribution is -2.43. The minimum absolute atomic E-state index is 0.00272. The van der Waals surface area contributed by atoms with Crippen LogP contribution in [0, 0.1) is 5.41 Å². The third-order valence-electron chi connectivity index (χ3n) is 3.99. The van der Waals surface area contributed by atoms with Crippen LogP contribution in [0.4, 0.5) is 0 Å². The van der Waals surface area contributed by atoms with E-state index in [0.717, 1.165) is 38.4 Å². The van der Waals surface area contributed by atoms with Crippen molar-refractivity contribution in [3.05, 3.63) is 11.6 Å². The maximum absolute atomic E-state index is 12.4. The molecular formula is C16H30N2O3. The zero-order valence-electron chi connectivity index (χ0n) is 13.9. The van der Waals surface area contributed by atoms with Crippen molar-refractivity contribution in [2.75, 3.05) is 52.5 Å². The third kappa shape index (κ3) is 6.59. The minimum atomic E-state index is -0.00951. The molecule has 1 amide bonds. The Morgan fingerprint density at radius 3 is 2.43 bits per heavy atom. The van der Waals surface area contributed by atoms with E-state index in [1.165, 1.54) is 0 Å². The molecule has 0 saturated carbocycles. The van der Waals surface area contributed by atoms with E-state index in [4.69, 9.17) is 9.84 Å². The minimum Gasteiger partial charge on any atom is -0.395 e. The van der Waals surface area contributed by atoms with Gasteiger partial charge in [-0.3, -0.25) is 9.69 Å². The number of rotatable bonds is 6. The summed E-state index contributed by atoms with van der Waals surface area (Å²) in [4.78, 5) is 16.4. The fourth-order valence-electron chi connectivity index (χ4n) is 2.03. The highest BCUT2D eigenvalue weighted by atomic mass is 16.5. The summed E-state index contributed by atoms with van der Waals surface area (Å²) in [5.74, 6) is -0.00951. The average Bonchev–Trinajstić information content (AvgIpc) is 2.43. The largest absolute Gasteiger partial charge is 0.395 e. The molecular weight excluding hydrogens is 268 g/mol. The van der Waals surface area contributed by atoms with Crippen LogP contribution in [0.25, 0.3) is 0 Å². The number of morpholine rings is 1. The molecule has 5 heteroatoms. The molecule has 0 bridgehead atoms. The number of aliphatic hydroxyl groups is 1. The Hall–Kier alpha value is -0.910. The summed E-state index contributed by atoms with van der Waals surface area (Å²) >= 11 is 0. The molecule has 1 aliphatic rings. The first kappa shape index (κ1) is 18.1. The highest BCUT2D eigenvalue weighted by Gasteiger charge is 2.18. The van der Waals surface area contributed by atoms with Gasteiger partial charge in [0.2, 0.25) is 5.91 Å². The Bertz CT molecular complexity index is 355. The second kappa shape index (κ2) is 8.51. The highest BCUT2D eigenvalue weighted by molar-refractivity contribution is 5.88. The van der Waals surface area contributed by atoms with E-state index >= 15 is 0 Å². The summed E-state index contributed by atoms with van der Waals surface area (Å²) in [7, 11) is 0. The summed E-state index contributed by atoms with van der Waals surface area (Å²) in [6.07, 6.45) is 1.70. The van der Waals surface area contributed by atoms with Crippen LogP contribution >= 0.6 is 0 Å². The van der Waals surface area contributed by atoms with Gasteiger partial charge in [0.05, 0.1) is 19.8 Å². The van der Waals surface area contributed by atoms with Gasteiger partial charge in [-0.05, 0) is 12.3 Å². The first-order chi connectivity index (χ1) is 9.84. The fraction of sp³-hybridized carbons (Fsp3) is 0.812. The number of aliphatic hydroxyl groups excluding tert-OH is 1. The maximum Gasteiger partial charge on any atom is 0.246 e. The number of ether oxygens (including phenoxy) is 1. The van der Waals surface area contributed by atoms with E-state index in [1.807, 2.05) is 6.92 Å². The molecule has 0 radical (unpaired) electrons. The van der Waals surface area contributed by atoms with Gasteiger partial charge >= 0.3 is 0 Å². The molecule has 1 rings (SSSR count). The summed E-state index contributed by atoms with van der Waals surface area (Å²) in [6, 6.07) is 0. The predicted molar refractivity (Wildman–Crippen MR) is 84.1 cm³/mol. The standard InChI is InChI=1S/C16H30N2O3/c1-14(16(2,3)4)13-15(20)18(7-10-19)6-5-17-8-11-21-12-9-17/h13,19H,5-12H2,1-4H3. The van der Waals surface area contributed by atoms with Crippen molar-refractivity contribution in [2.45, 2.75) is 27.7 Å². The average molecular weight is 298 g/mol. The molecule has 21 heavy (non-hydrogen) atoms. The Labute approximate surface area is 128 Å². The van der Waals surface area contributed by atoms with Crippen molar-refractivity contribution in [1.82, 2.24) is 9.80 Å². The normalized spacial score (nSPS) is 17.9. The SMILES string of the molecule is CC(=CC(=O)N(CCO)CCN1CCOCC1)C(C)(C)C. The third-order valence-corrected chi connectivity index (χ3v) is 3.99. The number of nitrogens with zero attached hydrogens (tertiary/aromatic N) is 2. The van der Waals surface area contributed by atoms with Crippen LogP contribution in [0.15, 0.2) is 11.6 Å². The fourth-order valence-corrected chi connectivity index (χ4v) is 2.03. The van der Waals surface area contributed by atoms with Gasteiger partial charge in [-0.2, -0.15) is 0 Å². The van der Waals surface area contributed by atoms with Crippen LogP contribution < -0.4 is 0 Å². The maximum atomic E-state index is 12.4. The van der Waals surface area contributed by atoms with Gasteiger partial charge in [0.25, 0.3) is 0 Å². The lowest BCUT2D eigenvalue weighted by Gasteiger charge is -2.30. The topological polar surface area (TPSA) is 53.0 Å². The van der Waals surface area contributed by atoms with Crippen LogP contribution in [0.3, 0.4) is 0 Å². The van der Waals surface area contributed by atoms with Crippen LogP contribution in [-0.4, -0.2) is 73.4 Å². The van der Waals surface area contributed by atoms with Crippen molar-refractivity contribution in [1.29, 1.82) is 0 Å². The van der Waals surface area contributed by atoms with Crippen molar-refractivity contribution in [3.63, 3.8) is 0 Å². The zero-order chi connectivity index (χ0) is 15.9. The van der Waals surface area contributed by atoms with Crippen molar-refractivity contribution >= 4 is 5.91 Å². The molecule has 0 aliphatic carbocycles. The van der Waals surface area contributed by atoms with Gasteiger partial charge < -0.3 is 14.7 Å². The Kier molecular flexibility index (Phi) is 7.35. The van der Waals surface area contributed by atoms with Gasteiger partial charge in [0.15, 0.2) is 0 Å². The van der Waals surface area contributed by atoms with Gasteiger partial charge in [-0.1, -0.05) is 26.3 Å². The molecule has 5 nitrogen and oxygen atoms in total. The van der Waals surface area contributed by atoms with Crippen molar-refractivity contribution in [3.8, 4) is 0 Å². The molecule has 0 aromatic carbocycles. The molecule has 1 saturated heterocycles. The predicted octanol–water partition coefficient (Wildman–Crippen LogP) is 1.13. The van der Waals surface area contributed by atoms with E-state index in [9.17, 15) is 4.79 Å². The zero-order valence-corrected chi connectivity index (χ0v) is 13.9. The number of hydrogen-bond acceptors (Lipinski definition) is 4. The Morgan fingerprint density at radius 2 is 1.90 bits per heavy atom. The van der Waals surface area contributed by atoms with E-state index in [-0.39, 0.29) is 17.9 Å². The number of allylic oxidation sites excluding steroid dienone is 1. The molecule has 1 heterocycles. The van der Waals surface area contributed by atoms with Gasteiger partial charge in [-0.15, -0.1) is 0 Å². The van der Waals surface area contributed by atoms with E-state index in [2.05, 4.69) is 25.7 Å². The van der Waals surface area contributed by atoms with E-state index in [1.54, 1.807) is 11.0 Å². The molecule has 122 valence electrons. The van der Waals surface area contributed by atoms with Gasteiger partial charge in [0, 0.05) is 38.8 Å². The molecule has 1 N–H and O–H groups in total. The second-order valence-corrected chi connectivity index (χ2v) is 6.58. The summed E-state index contributed by atoms with van der Waals surface area (Å²) in [5, 5.41) is 9.17. The molecule has 1 aliphatic heterocycles. The van der Waals surface area contributed by atoms with Crippen molar-refractivity contribution in [2.24, 2.45) is 5.41 Å². The lowest BCUT2D eigenvalue weighted by atomic mass is 9.87. The Balaban J connectivity index is 2.56. The Morgan fingerprint density at radius 1 is 1.29 bits per heavy atom. The number of carbonyl (C=O) groups excluding carboxylic acids is 1. The first-order valence-corrected chi connectivity index (χ1v) is 7.73. The van der Waals surface area contributed by atoms with Crippen LogP contribution in [0.5, 0.6) is 0 Å². The second-order valence-electron chi connectivity index (χ2n) is 6.58. The van der Waals surface area contributed by atoms with Crippen LogP contribution in [0.2, 0.25) is 0 Å². The monoisotopic (exact) mass is 298 g/mol. The summed E-state index contributed by atoms with van der Waals surface area (Å²) < 4.78 is 5.32. The molecule has 1 fully saturated rings. The molecule has 0 aromatic rings. The van der Waals surface area contributed by atoms with Gasteiger partial charge in [-0.25, -0.2) is 0 Å². The summed E-state index contributed by atoms with van der Waals surface area (Å²) in [6.45, 7) is 13.5. The molecule has 0 unspecified atom stereocenters. The smallest absolute Gasteiger partial charge is 0.246 e. The van der Waals surface area contributed by atoms with Crippen LogP contribution in [0.1, 0.15) is 27.7 Å². The van der Waals surface area contributed by atoms with E-state index < -0.39 is 0 Å². The number of carbonyl (C=O) groups is 1. The molecule has 0 aromatic heterocycles. The van der Waals surface area contributed by atoms with Crippen LogP contribution in [-0.2, 0) is 9.53 Å². The molecule has 0 atom stereocenters. The quantitative estimate of drug-likeness (QED) is 0.747. The van der Waals surface area contributed by atoms with Crippen molar-refractivity contribution < 1.29 is 14.6 Å². The number of hydrogen-bond donors (Lipinski definition) is 1. The highest BCUT2D eigenvalue weighted by Crippen LogP contribution is 2.24. The molecule has 0 spiro atoms. The van der Waals surface area contributed by atoms with Gasteiger partial charge in [0.1, 0.15) is 0 Å².